The molecule has 3 rings (SSSR count). The third-order valence-electron chi connectivity index (χ3n) is 3.89. The second-order valence-corrected chi connectivity index (χ2v) is 5.74. The molecule has 0 bridgehead atoms. The van der Waals surface area contributed by atoms with Crippen LogP contribution in [0.3, 0.4) is 0 Å². The van der Waals surface area contributed by atoms with Crippen molar-refractivity contribution in [1.82, 2.24) is 5.32 Å². The van der Waals surface area contributed by atoms with Crippen LogP contribution in [0.5, 0.6) is 11.5 Å². The number of anilines is 1. The summed E-state index contributed by atoms with van der Waals surface area (Å²) in [6.45, 7) is 3.13. The summed E-state index contributed by atoms with van der Waals surface area (Å²) in [6.07, 6.45) is 0. The molecule has 1 aliphatic heterocycles. The number of hydrogen-bond donors (Lipinski definition) is 2. The number of benzene rings is 2. The van der Waals surface area contributed by atoms with Gasteiger partial charge in [0.1, 0.15) is 13.2 Å². The lowest BCUT2D eigenvalue weighted by Crippen LogP contribution is -2.32. The van der Waals surface area contributed by atoms with E-state index in [2.05, 4.69) is 16.7 Å². The maximum Gasteiger partial charge on any atom is 0.239 e. The number of nitrogens with zero attached hydrogens (tertiary/aromatic N) is 1. The van der Waals surface area contributed by atoms with E-state index in [1.807, 2.05) is 31.2 Å². The van der Waals surface area contributed by atoms with Crippen molar-refractivity contribution in [2.24, 2.45) is 0 Å². The van der Waals surface area contributed by atoms with E-state index < -0.39 is 0 Å². The lowest BCUT2D eigenvalue weighted by Gasteiger charge is -2.21. The fourth-order valence-corrected chi connectivity index (χ4v) is 2.59. The first-order valence-electron chi connectivity index (χ1n) is 8.08. The van der Waals surface area contributed by atoms with Crippen molar-refractivity contribution < 1.29 is 14.3 Å². The predicted octanol–water partition coefficient (Wildman–Crippen LogP) is 2.62. The molecule has 1 heterocycles. The first kappa shape index (κ1) is 16.7. The van der Waals surface area contributed by atoms with Gasteiger partial charge in [-0.1, -0.05) is 12.1 Å². The summed E-state index contributed by atoms with van der Waals surface area (Å²) < 4.78 is 11.1. The monoisotopic (exact) mass is 337 g/mol. The van der Waals surface area contributed by atoms with Crippen LogP contribution in [0.4, 0.5) is 5.69 Å². The summed E-state index contributed by atoms with van der Waals surface area (Å²) in [5, 5.41) is 14.8. The summed E-state index contributed by atoms with van der Waals surface area (Å²) >= 11 is 0. The molecule has 0 fully saturated rings. The largest absolute Gasteiger partial charge is 0.486 e. The fourth-order valence-electron chi connectivity index (χ4n) is 2.59. The molecular formula is C19H19N3O3. The molecular weight excluding hydrogens is 318 g/mol. The Labute approximate surface area is 146 Å². The van der Waals surface area contributed by atoms with Crippen molar-refractivity contribution in [3.05, 3.63) is 53.6 Å². The third-order valence-corrected chi connectivity index (χ3v) is 3.89. The standard InChI is InChI=1S/C19H19N3O3/c1-13(15-5-6-17-18(10-15)25-8-7-24-17)22-19(23)12-21-16-4-2-3-14(9-16)11-20/h2-6,9-10,13,21H,7-8,12H2,1H3,(H,22,23). The molecule has 0 saturated heterocycles. The van der Waals surface area contributed by atoms with Crippen LogP contribution in [0.1, 0.15) is 24.1 Å². The second kappa shape index (κ2) is 7.58. The molecule has 6 heteroatoms. The van der Waals surface area contributed by atoms with E-state index in [1.54, 1.807) is 18.2 Å². The van der Waals surface area contributed by atoms with E-state index in [9.17, 15) is 4.79 Å². The minimum Gasteiger partial charge on any atom is -0.486 e. The highest BCUT2D eigenvalue weighted by Crippen LogP contribution is 2.32. The number of carbonyl (C=O) groups excluding carboxylic acids is 1. The van der Waals surface area contributed by atoms with Crippen molar-refractivity contribution in [3.8, 4) is 17.6 Å². The molecule has 0 aromatic heterocycles. The quantitative estimate of drug-likeness (QED) is 0.876. The zero-order chi connectivity index (χ0) is 17.6. The second-order valence-electron chi connectivity index (χ2n) is 5.74. The summed E-state index contributed by atoms with van der Waals surface area (Å²) in [5.41, 5.74) is 2.24. The van der Waals surface area contributed by atoms with E-state index in [1.165, 1.54) is 0 Å². The van der Waals surface area contributed by atoms with Gasteiger partial charge in [0.05, 0.1) is 24.2 Å². The van der Waals surface area contributed by atoms with Gasteiger partial charge in [-0.15, -0.1) is 0 Å². The molecule has 1 amide bonds. The highest BCUT2D eigenvalue weighted by atomic mass is 16.6. The Balaban J connectivity index is 1.56. The fraction of sp³-hybridized carbons (Fsp3) is 0.263. The Morgan fingerprint density at radius 3 is 2.80 bits per heavy atom. The van der Waals surface area contributed by atoms with Crippen molar-refractivity contribution in [2.45, 2.75) is 13.0 Å². The van der Waals surface area contributed by atoms with E-state index >= 15 is 0 Å². The Morgan fingerprint density at radius 1 is 1.20 bits per heavy atom. The maximum atomic E-state index is 12.1. The van der Waals surface area contributed by atoms with Crippen molar-refractivity contribution >= 4 is 11.6 Å². The van der Waals surface area contributed by atoms with Crippen LogP contribution in [-0.4, -0.2) is 25.7 Å². The normalized spacial score (nSPS) is 13.4. The first-order chi connectivity index (χ1) is 12.2. The highest BCUT2D eigenvalue weighted by molar-refractivity contribution is 5.81. The van der Waals surface area contributed by atoms with Gasteiger partial charge < -0.3 is 20.1 Å². The minimum atomic E-state index is -0.157. The molecule has 2 aromatic rings. The van der Waals surface area contributed by atoms with Gasteiger partial charge in [-0.3, -0.25) is 4.79 Å². The van der Waals surface area contributed by atoms with Gasteiger partial charge in [0.15, 0.2) is 11.5 Å². The van der Waals surface area contributed by atoms with Gasteiger partial charge in [0.25, 0.3) is 0 Å². The maximum absolute atomic E-state index is 12.1. The van der Waals surface area contributed by atoms with Gasteiger partial charge in [-0.05, 0) is 42.8 Å². The lowest BCUT2D eigenvalue weighted by molar-refractivity contribution is -0.120. The van der Waals surface area contributed by atoms with Gasteiger partial charge in [0.2, 0.25) is 5.91 Å². The Hall–Kier alpha value is -3.20. The smallest absolute Gasteiger partial charge is 0.239 e. The topological polar surface area (TPSA) is 83.4 Å². The van der Waals surface area contributed by atoms with Crippen molar-refractivity contribution in [1.29, 1.82) is 5.26 Å². The lowest BCUT2D eigenvalue weighted by atomic mass is 10.1. The van der Waals surface area contributed by atoms with Crippen LogP contribution in [-0.2, 0) is 4.79 Å². The molecule has 1 aliphatic rings. The molecule has 2 aromatic carbocycles. The molecule has 1 atom stereocenters. The number of nitrogens with one attached hydrogen (secondary N) is 2. The number of rotatable bonds is 5. The molecule has 0 aliphatic carbocycles. The predicted molar refractivity (Wildman–Crippen MR) is 93.6 cm³/mol. The average molecular weight is 337 g/mol. The summed E-state index contributed by atoms with van der Waals surface area (Å²) in [6, 6.07) is 14.6. The number of carbonyl (C=O) groups is 1. The molecule has 0 radical (unpaired) electrons. The van der Waals surface area contributed by atoms with Crippen LogP contribution in [0.15, 0.2) is 42.5 Å². The zero-order valence-corrected chi connectivity index (χ0v) is 13.9. The Bertz CT molecular complexity index is 814. The number of ether oxygens (including phenoxy) is 2. The van der Waals surface area contributed by atoms with Crippen LogP contribution >= 0.6 is 0 Å². The first-order valence-corrected chi connectivity index (χ1v) is 8.08. The molecule has 128 valence electrons. The number of fused-ring (bicyclic) bond motifs is 1. The zero-order valence-electron chi connectivity index (χ0n) is 13.9. The minimum absolute atomic E-state index is 0.129. The van der Waals surface area contributed by atoms with E-state index in [0.29, 0.717) is 24.5 Å². The number of nitriles is 1. The van der Waals surface area contributed by atoms with Crippen molar-refractivity contribution in [2.75, 3.05) is 25.1 Å². The highest BCUT2D eigenvalue weighted by Gasteiger charge is 2.15. The van der Waals surface area contributed by atoms with E-state index in [0.717, 1.165) is 17.0 Å². The van der Waals surface area contributed by atoms with Gasteiger partial charge >= 0.3 is 0 Å². The number of hydrogen-bond acceptors (Lipinski definition) is 5. The van der Waals surface area contributed by atoms with Crippen LogP contribution in [0, 0.1) is 11.3 Å². The Morgan fingerprint density at radius 2 is 2.00 bits per heavy atom. The molecule has 0 spiro atoms. The molecule has 25 heavy (non-hydrogen) atoms. The van der Waals surface area contributed by atoms with Crippen molar-refractivity contribution in [3.63, 3.8) is 0 Å². The third kappa shape index (κ3) is 4.21. The molecule has 1 unspecified atom stereocenters. The SMILES string of the molecule is CC(NC(=O)CNc1cccc(C#N)c1)c1ccc2c(c1)OCCO2. The summed E-state index contributed by atoms with van der Waals surface area (Å²) in [5.74, 6) is 1.30. The average Bonchev–Trinajstić information content (AvgIpc) is 2.66. The van der Waals surface area contributed by atoms with Gasteiger partial charge in [-0.2, -0.15) is 5.26 Å². The van der Waals surface area contributed by atoms with Gasteiger partial charge in [-0.25, -0.2) is 0 Å². The van der Waals surface area contributed by atoms with E-state index in [4.69, 9.17) is 14.7 Å². The summed E-state index contributed by atoms with van der Waals surface area (Å²) in [4.78, 5) is 12.1. The van der Waals surface area contributed by atoms with Crippen LogP contribution in [0.25, 0.3) is 0 Å². The Kier molecular flexibility index (Phi) is 5.05. The van der Waals surface area contributed by atoms with Crippen LogP contribution < -0.4 is 20.1 Å². The molecule has 2 N–H and O–H groups in total. The van der Waals surface area contributed by atoms with Gasteiger partial charge in [0, 0.05) is 5.69 Å². The summed E-state index contributed by atoms with van der Waals surface area (Å²) in [7, 11) is 0. The molecule has 6 nitrogen and oxygen atoms in total. The van der Waals surface area contributed by atoms with Crippen LogP contribution in [0.2, 0.25) is 0 Å². The van der Waals surface area contributed by atoms with E-state index in [-0.39, 0.29) is 18.5 Å². The molecule has 0 saturated carbocycles. The number of amides is 1.